The van der Waals surface area contributed by atoms with Crippen LogP contribution in [0.15, 0.2) is 51.8 Å². The van der Waals surface area contributed by atoms with Gasteiger partial charge in [-0.1, -0.05) is 46.3 Å². The lowest BCUT2D eigenvalue weighted by atomic mass is 10.1. The number of carbonyl (C=O) groups excluding carboxylic acids is 2. The Hall–Kier alpha value is -2.25. The maximum Gasteiger partial charge on any atom is 0.293 e. The van der Waals surface area contributed by atoms with Crippen LogP contribution in [-0.2, 0) is 11.3 Å². The van der Waals surface area contributed by atoms with Crippen molar-refractivity contribution in [2.75, 3.05) is 6.61 Å². The zero-order valence-electron chi connectivity index (χ0n) is 13.9. The van der Waals surface area contributed by atoms with Crippen molar-refractivity contribution in [1.29, 1.82) is 0 Å². The second-order valence-corrected chi connectivity index (χ2v) is 7.38. The average molecular weight is 434 g/mol. The highest BCUT2D eigenvalue weighted by molar-refractivity contribution is 9.10. The lowest BCUT2D eigenvalue weighted by Crippen LogP contribution is -2.27. The van der Waals surface area contributed by atoms with Gasteiger partial charge in [-0.2, -0.15) is 0 Å². The second-order valence-electron chi connectivity index (χ2n) is 5.53. The Labute approximate surface area is 163 Å². The van der Waals surface area contributed by atoms with Gasteiger partial charge in [0.05, 0.1) is 18.1 Å². The number of aromatic hydroxyl groups is 1. The number of thioether (sulfide) groups is 1. The fourth-order valence-corrected chi connectivity index (χ4v) is 3.76. The molecular weight excluding hydrogens is 418 g/mol. The molecule has 0 aliphatic carbocycles. The quantitative estimate of drug-likeness (QED) is 0.686. The molecule has 7 heteroatoms. The molecule has 1 saturated heterocycles. The maximum atomic E-state index is 12.6. The number of ether oxygens (including phenoxy) is 1. The first-order valence-electron chi connectivity index (χ1n) is 7.94. The number of phenolic OH excluding ortho intramolecular Hbond substituents is 1. The van der Waals surface area contributed by atoms with Crippen LogP contribution in [0.1, 0.15) is 18.1 Å². The molecule has 3 rings (SSSR count). The molecule has 2 aromatic carbocycles. The van der Waals surface area contributed by atoms with E-state index in [0.29, 0.717) is 27.3 Å². The fourth-order valence-electron chi connectivity index (χ4n) is 2.48. The van der Waals surface area contributed by atoms with E-state index in [4.69, 9.17) is 4.74 Å². The number of halogens is 1. The van der Waals surface area contributed by atoms with Crippen molar-refractivity contribution in [3.8, 4) is 11.5 Å². The van der Waals surface area contributed by atoms with Crippen molar-refractivity contribution in [2.45, 2.75) is 13.5 Å². The van der Waals surface area contributed by atoms with Gasteiger partial charge in [0.2, 0.25) is 0 Å². The van der Waals surface area contributed by atoms with E-state index in [-0.39, 0.29) is 23.4 Å². The molecule has 26 heavy (non-hydrogen) atoms. The molecule has 5 nitrogen and oxygen atoms in total. The van der Waals surface area contributed by atoms with Gasteiger partial charge in [-0.3, -0.25) is 14.5 Å². The van der Waals surface area contributed by atoms with Gasteiger partial charge in [-0.15, -0.1) is 0 Å². The molecule has 0 aromatic heterocycles. The minimum absolute atomic E-state index is 0.00746. The molecule has 2 aromatic rings. The summed E-state index contributed by atoms with van der Waals surface area (Å²) in [5.41, 5.74) is 1.54. The number of imide groups is 1. The molecule has 2 amide bonds. The first kappa shape index (κ1) is 18.5. The molecule has 1 aliphatic heterocycles. The number of benzene rings is 2. The molecule has 1 N–H and O–H groups in total. The van der Waals surface area contributed by atoms with E-state index in [9.17, 15) is 14.7 Å². The van der Waals surface area contributed by atoms with Crippen LogP contribution in [0.4, 0.5) is 4.79 Å². The Kier molecular flexibility index (Phi) is 5.68. The molecule has 1 fully saturated rings. The van der Waals surface area contributed by atoms with Crippen LogP contribution >= 0.6 is 27.7 Å². The molecule has 134 valence electrons. The third-order valence-electron chi connectivity index (χ3n) is 3.72. The Morgan fingerprint density at radius 2 is 1.96 bits per heavy atom. The van der Waals surface area contributed by atoms with Gasteiger partial charge in [-0.05, 0) is 48.0 Å². The minimum atomic E-state index is -0.332. The topological polar surface area (TPSA) is 66.8 Å². The highest BCUT2D eigenvalue weighted by atomic mass is 79.9. The SMILES string of the molecule is CCOc1cc(C=C2SC(=O)N(Cc3ccccc3)C2=O)c(Br)cc1O. The second kappa shape index (κ2) is 7.97. The highest BCUT2D eigenvalue weighted by Gasteiger charge is 2.35. The standard InChI is InChI=1S/C19H16BrNO4S/c1-2-25-16-8-13(14(20)10-15(16)22)9-17-18(23)21(19(24)26-17)11-12-6-4-3-5-7-12/h3-10,22H,2,11H2,1H3. The molecular formula is C19H16BrNO4S. The van der Waals surface area contributed by atoms with Gasteiger partial charge in [0.15, 0.2) is 11.5 Å². The Balaban J connectivity index is 1.87. The summed E-state index contributed by atoms with van der Waals surface area (Å²) in [6.07, 6.45) is 1.63. The van der Waals surface area contributed by atoms with Gasteiger partial charge >= 0.3 is 0 Å². The largest absolute Gasteiger partial charge is 0.504 e. The monoisotopic (exact) mass is 433 g/mol. The molecule has 0 spiro atoms. The Bertz CT molecular complexity index is 883. The van der Waals surface area contributed by atoms with Crippen molar-refractivity contribution in [2.24, 2.45) is 0 Å². The predicted molar refractivity (Wildman–Crippen MR) is 105 cm³/mol. The van der Waals surface area contributed by atoms with Crippen molar-refractivity contribution >= 4 is 44.9 Å². The maximum absolute atomic E-state index is 12.6. The van der Waals surface area contributed by atoms with Crippen LogP contribution in [-0.4, -0.2) is 27.8 Å². The lowest BCUT2D eigenvalue weighted by molar-refractivity contribution is -0.123. The van der Waals surface area contributed by atoms with E-state index in [0.717, 1.165) is 17.3 Å². The van der Waals surface area contributed by atoms with Crippen LogP contribution in [0.2, 0.25) is 0 Å². The molecule has 0 unspecified atom stereocenters. The first-order valence-corrected chi connectivity index (χ1v) is 9.55. The fraction of sp³-hybridized carbons (Fsp3) is 0.158. The van der Waals surface area contributed by atoms with Crippen molar-refractivity contribution < 1.29 is 19.4 Å². The Morgan fingerprint density at radius 1 is 1.23 bits per heavy atom. The van der Waals surface area contributed by atoms with Crippen LogP contribution in [0, 0.1) is 0 Å². The number of hydrogen-bond donors (Lipinski definition) is 1. The number of nitrogens with zero attached hydrogens (tertiary/aromatic N) is 1. The number of amides is 2. The van der Waals surface area contributed by atoms with Crippen LogP contribution in [0.25, 0.3) is 6.08 Å². The number of phenols is 1. The predicted octanol–water partition coefficient (Wildman–Crippen LogP) is 4.79. The summed E-state index contributed by atoms with van der Waals surface area (Å²) in [6, 6.07) is 12.5. The van der Waals surface area contributed by atoms with Gasteiger partial charge < -0.3 is 9.84 Å². The van der Waals surface area contributed by atoms with E-state index < -0.39 is 0 Å². The summed E-state index contributed by atoms with van der Waals surface area (Å²) < 4.78 is 5.98. The van der Waals surface area contributed by atoms with Crippen molar-refractivity contribution in [1.82, 2.24) is 4.90 Å². The summed E-state index contributed by atoms with van der Waals surface area (Å²) in [4.78, 5) is 26.4. The summed E-state index contributed by atoms with van der Waals surface area (Å²) >= 11 is 4.27. The molecule has 0 radical (unpaired) electrons. The van der Waals surface area contributed by atoms with Gasteiger partial charge in [0.25, 0.3) is 11.1 Å². The third-order valence-corrected chi connectivity index (χ3v) is 5.32. The van der Waals surface area contributed by atoms with E-state index >= 15 is 0 Å². The number of rotatable bonds is 5. The molecule has 0 bridgehead atoms. The summed E-state index contributed by atoms with van der Waals surface area (Å²) in [6.45, 7) is 2.46. The zero-order valence-corrected chi connectivity index (χ0v) is 16.3. The average Bonchev–Trinajstić information content (AvgIpc) is 2.88. The van der Waals surface area contributed by atoms with E-state index in [2.05, 4.69) is 15.9 Å². The normalized spacial score (nSPS) is 15.8. The Morgan fingerprint density at radius 3 is 2.65 bits per heavy atom. The first-order chi connectivity index (χ1) is 12.5. The molecule has 1 aliphatic rings. The van der Waals surface area contributed by atoms with Gasteiger partial charge in [0, 0.05) is 4.47 Å². The van der Waals surface area contributed by atoms with Gasteiger partial charge in [-0.25, -0.2) is 0 Å². The van der Waals surface area contributed by atoms with E-state index in [1.165, 1.54) is 11.0 Å². The summed E-state index contributed by atoms with van der Waals surface area (Å²) in [5, 5.41) is 9.60. The third kappa shape index (κ3) is 3.94. The molecule has 0 saturated carbocycles. The van der Waals surface area contributed by atoms with Crippen LogP contribution in [0.3, 0.4) is 0 Å². The van der Waals surface area contributed by atoms with Crippen molar-refractivity contribution in [3.05, 3.63) is 63.0 Å². The minimum Gasteiger partial charge on any atom is -0.504 e. The van der Waals surface area contributed by atoms with Crippen molar-refractivity contribution in [3.63, 3.8) is 0 Å². The number of hydrogen-bond acceptors (Lipinski definition) is 5. The van der Waals surface area contributed by atoms with Gasteiger partial charge in [0.1, 0.15) is 0 Å². The van der Waals surface area contributed by atoms with Crippen LogP contribution in [0.5, 0.6) is 11.5 Å². The smallest absolute Gasteiger partial charge is 0.293 e. The molecule has 0 atom stereocenters. The summed E-state index contributed by atoms with van der Waals surface area (Å²) in [5.74, 6) is 0.000286. The van der Waals surface area contributed by atoms with E-state index in [1.54, 1.807) is 12.1 Å². The highest BCUT2D eigenvalue weighted by Crippen LogP contribution is 2.38. The zero-order chi connectivity index (χ0) is 18.7. The molecule has 1 heterocycles. The van der Waals surface area contributed by atoms with E-state index in [1.807, 2.05) is 37.3 Å². The lowest BCUT2D eigenvalue weighted by Gasteiger charge is -2.12. The summed E-state index contributed by atoms with van der Waals surface area (Å²) in [7, 11) is 0. The van der Waals surface area contributed by atoms with Crippen LogP contribution < -0.4 is 4.74 Å². The number of carbonyl (C=O) groups is 2.